The Kier molecular flexibility index (Phi) is 6.43. The lowest BCUT2D eigenvalue weighted by Gasteiger charge is -2.35. The first-order valence-corrected chi connectivity index (χ1v) is 9.03. The summed E-state index contributed by atoms with van der Waals surface area (Å²) in [5, 5.41) is 0.755. The van der Waals surface area contributed by atoms with E-state index in [4.69, 9.17) is 0 Å². The highest BCUT2D eigenvalue weighted by Crippen LogP contribution is 2.22. The fourth-order valence-corrected chi connectivity index (χ4v) is 3.83. The fraction of sp³-hybridized carbons (Fsp3) is 0.812. The minimum atomic E-state index is 0.755. The Labute approximate surface area is 128 Å². The second-order valence-electron chi connectivity index (χ2n) is 6.10. The van der Waals surface area contributed by atoms with Crippen LogP contribution in [0.3, 0.4) is 0 Å². The lowest BCUT2D eigenvalue weighted by molar-refractivity contribution is 0.149. The molecule has 0 amide bonds. The first kappa shape index (κ1) is 15.9. The summed E-state index contributed by atoms with van der Waals surface area (Å²) >= 11 is 2.09. The molecule has 2 rings (SSSR count). The van der Waals surface area contributed by atoms with Gasteiger partial charge in [0.1, 0.15) is 5.82 Å². The van der Waals surface area contributed by atoms with Gasteiger partial charge in [0.25, 0.3) is 0 Å². The molecule has 0 saturated carbocycles. The van der Waals surface area contributed by atoms with E-state index in [0.717, 1.165) is 17.7 Å². The number of thioether (sulfide) groups is 1. The van der Waals surface area contributed by atoms with Crippen LogP contribution in [0, 0.1) is 0 Å². The zero-order valence-corrected chi connectivity index (χ0v) is 14.0. The number of nitrogens with zero attached hydrogens (tertiary/aromatic N) is 3. The van der Waals surface area contributed by atoms with Crippen LogP contribution in [0.2, 0.25) is 0 Å². The van der Waals surface area contributed by atoms with Gasteiger partial charge < -0.3 is 4.57 Å². The Balaban J connectivity index is 1.79. The van der Waals surface area contributed by atoms with Gasteiger partial charge in [-0.3, -0.25) is 4.90 Å². The Hall–Kier alpha value is -0.480. The van der Waals surface area contributed by atoms with Crippen LogP contribution in [0.1, 0.15) is 45.4 Å². The van der Waals surface area contributed by atoms with Crippen LogP contribution in [0.25, 0.3) is 0 Å². The van der Waals surface area contributed by atoms with E-state index < -0.39 is 0 Å². The minimum Gasteiger partial charge on any atom is -0.338 e. The van der Waals surface area contributed by atoms with E-state index in [2.05, 4.69) is 47.1 Å². The average molecular weight is 295 g/mol. The monoisotopic (exact) mass is 295 g/mol. The molecule has 1 aliphatic rings. The molecule has 0 spiro atoms. The summed E-state index contributed by atoms with van der Waals surface area (Å²) < 4.78 is 2.15. The first-order valence-electron chi connectivity index (χ1n) is 7.98. The number of aryl methyl sites for hydroxylation is 2. The first-order chi connectivity index (χ1) is 9.66. The van der Waals surface area contributed by atoms with Crippen molar-refractivity contribution in [2.24, 2.45) is 7.05 Å². The number of likely N-dealkylation sites (tertiary alicyclic amines) is 1. The zero-order valence-electron chi connectivity index (χ0n) is 13.2. The highest BCUT2D eigenvalue weighted by Gasteiger charge is 2.22. The van der Waals surface area contributed by atoms with E-state index in [1.807, 2.05) is 12.4 Å². The molecular weight excluding hydrogens is 266 g/mol. The lowest BCUT2D eigenvalue weighted by Crippen LogP contribution is -2.41. The number of piperidine rings is 1. The second kappa shape index (κ2) is 8.08. The normalized spacial score (nSPS) is 20.7. The molecule has 0 bridgehead atoms. The molecule has 1 saturated heterocycles. The number of hydrogen-bond acceptors (Lipinski definition) is 3. The molecule has 0 aliphatic carbocycles. The maximum absolute atomic E-state index is 4.45. The van der Waals surface area contributed by atoms with E-state index in [1.165, 1.54) is 50.4 Å². The van der Waals surface area contributed by atoms with Gasteiger partial charge in [0, 0.05) is 44.2 Å². The zero-order chi connectivity index (χ0) is 14.4. The summed E-state index contributed by atoms with van der Waals surface area (Å²) in [6, 6.07) is 0.771. The van der Waals surface area contributed by atoms with Crippen LogP contribution in [-0.4, -0.2) is 44.6 Å². The molecule has 1 aromatic rings. The van der Waals surface area contributed by atoms with Crippen LogP contribution in [-0.2, 0) is 13.5 Å². The molecule has 1 fully saturated rings. The molecule has 4 heteroatoms. The van der Waals surface area contributed by atoms with Crippen LogP contribution >= 0.6 is 11.8 Å². The van der Waals surface area contributed by atoms with E-state index in [-0.39, 0.29) is 0 Å². The predicted octanol–water partition coefficient (Wildman–Crippen LogP) is 3.35. The molecule has 2 heterocycles. The van der Waals surface area contributed by atoms with Gasteiger partial charge in [-0.2, -0.15) is 11.8 Å². The third-order valence-electron chi connectivity index (χ3n) is 4.20. The topological polar surface area (TPSA) is 21.1 Å². The molecule has 114 valence electrons. The molecule has 20 heavy (non-hydrogen) atoms. The average Bonchev–Trinajstić information content (AvgIpc) is 2.83. The minimum absolute atomic E-state index is 0.755. The third kappa shape index (κ3) is 4.81. The highest BCUT2D eigenvalue weighted by atomic mass is 32.2. The maximum Gasteiger partial charge on any atom is 0.108 e. The van der Waals surface area contributed by atoms with Crippen molar-refractivity contribution in [3.8, 4) is 0 Å². The number of hydrogen-bond donors (Lipinski definition) is 0. The van der Waals surface area contributed by atoms with Crippen molar-refractivity contribution in [2.45, 2.75) is 57.2 Å². The van der Waals surface area contributed by atoms with Crippen molar-refractivity contribution in [1.29, 1.82) is 0 Å². The molecule has 3 nitrogen and oxygen atoms in total. The maximum atomic E-state index is 4.45. The van der Waals surface area contributed by atoms with Crippen molar-refractivity contribution in [3.63, 3.8) is 0 Å². The van der Waals surface area contributed by atoms with E-state index >= 15 is 0 Å². The Morgan fingerprint density at radius 2 is 2.25 bits per heavy atom. The SMILES string of the molecule is CC(C)SCCN1CCCC[C@H]1CCc1nccn1C. The Bertz CT molecular complexity index is 389. The lowest BCUT2D eigenvalue weighted by atomic mass is 9.98. The van der Waals surface area contributed by atoms with Crippen molar-refractivity contribution in [1.82, 2.24) is 14.5 Å². The summed E-state index contributed by atoms with van der Waals surface area (Å²) in [7, 11) is 2.10. The number of imidazole rings is 1. The van der Waals surface area contributed by atoms with Crippen molar-refractivity contribution < 1.29 is 0 Å². The van der Waals surface area contributed by atoms with E-state index in [1.54, 1.807) is 0 Å². The van der Waals surface area contributed by atoms with E-state index in [0.29, 0.717) is 0 Å². The molecule has 1 aromatic heterocycles. The molecule has 0 radical (unpaired) electrons. The summed E-state index contributed by atoms with van der Waals surface area (Å²) in [6.07, 6.45) is 10.5. The third-order valence-corrected chi connectivity index (χ3v) is 5.29. The second-order valence-corrected chi connectivity index (χ2v) is 7.78. The molecule has 1 aliphatic heterocycles. The quantitative estimate of drug-likeness (QED) is 0.770. The molecule has 0 aromatic carbocycles. The summed E-state index contributed by atoms with van der Waals surface area (Å²) in [4.78, 5) is 7.17. The summed E-state index contributed by atoms with van der Waals surface area (Å²) in [5.74, 6) is 2.50. The van der Waals surface area contributed by atoms with Crippen molar-refractivity contribution in [2.75, 3.05) is 18.8 Å². The van der Waals surface area contributed by atoms with Gasteiger partial charge in [-0.1, -0.05) is 20.3 Å². The van der Waals surface area contributed by atoms with Crippen LogP contribution < -0.4 is 0 Å². The fourth-order valence-electron chi connectivity index (χ4n) is 3.02. The standard InChI is InChI=1S/C16H29N3S/c1-14(2)20-13-12-19-10-5-4-6-15(19)7-8-16-17-9-11-18(16)3/h9,11,14-15H,4-8,10,12-13H2,1-3H3/t15-/m0/s1. The number of aromatic nitrogens is 2. The van der Waals surface area contributed by atoms with Gasteiger partial charge in [-0.05, 0) is 31.1 Å². The molecular formula is C16H29N3S. The smallest absolute Gasteiger partial charge is 0.108 e. The van der Waals surface area contributed by atoms with Gasteiger partial charge in [-0.25, -0.2) is 4.98 Å². The molecule has 1 atom stereocenters. The summed E-state index contributed by atoms with van der Waals surface area (Å²) in [5.41, 5.74) is 0. The molecule has 0 N–H and O–H groups in total. The predicted molar refractivity (Wildman–Crippen MR) is 88.3 cm³/mol. The van der Waals surface area contributed by atoms with Gasteiger partial charge in [0.15, 0.2) is 0 Å². The van der Waals surface area contributed by atoms with Crippen molar-refractivity contribution >= 4 is 11.8 Å². The van der Waals surface area contributed by atoms with Gasteiger partial charge in [0.2, 0.25) is 0 Å². The molecule has 0 unspecified atom stereocenters. The number of rotatable bonds is 7. The van der Waals surface area contributed by atoms with Gasteiger partial charge in [0.05, 0.1) is 0 Å². The summed E-state index contributed by atoms with van der Waals surface area (Å²) in [6.45, 7) is 7.14. The van der Waals surface area contributed by atoms with Crippen molar-refractivity contribution in [3.05, 3.63) is 18.2 Å². The Morgan fingerprint density at radius 3 is 2.95 bits per heavy atom. The van der Waals surface area contributed by atoms with Crippen LogP contribution in [0.4, 0.5) is 0 Å². The van der Waals surface area contributed by atoms with Crippen LogP contribution in [0.15, 0.2) is 12.4 Å². The van der Waals surface area contributed by atoms with Gasteiger partial charge in [-0.15, -0.1) is 0 Å². The highest BCUT2D eigenvalue weighted by molar-refractivity contribution is 7.99. The van der Waals surface area contributed by atoms with Gasteiger partial charge >= 0.3 is 0 Å². The Morgan fingerprint density at radius 1 is 1.40 bits per heavy atom. The largest absolute Gasteiger partial charge is 0.338 e. The van der Waals surface area contributed by atoms with Crippen LogP contribution in [0.5, 0.6) is 0 Å². The van der Waals surface area contributed by atoms with E-state index in [9.17, 15) is 0 Å².